The number of likely N-dealkylation sites (tertiary alicyclic amines) is 1. The Balaban J connectivity index is 1.89. The van der Waals surface area contributed by atoms with Crippen LogP contribution in [0.15, 0.2) is 18.2 Å². The van der Waals surface area contributed by atoms with Gasteiger partial charge in [-0.05, 0) is 30.5 Å². The lowest BCUT2D eigenvalue weighted by molar-refractivity contribution is -0.148. The van der Waals surface area contributed by atoms with Gasteiger partial charge in [-0.1, -0.05) is 30.1 Å². The minimum Gasteiger partial charge on any atom is -0.482 e. The molecule has 1 aromatic rings. The number of amides is 1. The Morgan fingerprint density at radius 2 is 2.14 bits per heavy atom. The van der Waals surface area contributed by atoms with E-state index in [9.17, 15) is 9.59 Å². The average molecular weight is 346 g/mol. The fourth-order valence-electron chi connectivity index (χ4n) is 2.56. The van der Waals surface area contributed by atoms with E-state index in [0.29, 0.717) is 35.3 Å². The molecule has 120 valence electrons. The number of ether oxygens (including phenoxy) is 1. The Morgan fingerprint density at radius 1 is 1.41 bits per heavy atom. The topological polar surface area (TPSA) is 66.8 Å². The van der Waals surface area contributed by atoms with Gasteiger partial charge in [-0.3, -0.25) is 9.59 Å². The molecule has 1 aliphatic rings. The maximum atomic E-state index is 12.2. The maximum absolute atomic E-state index is 12.2. The Bertz CT molecular complexity index is 579. The van der Waals surface area contributed by atoms with Crippen molar-refractivity contribution in [2.75, 3.05) is 19.7 Å². The quantitative estimate of drug-likeness (QED) is 0.910. The van der Waals surface area contributed by atoms with Gasteiger partial charge < -0.3 is 14.7 Å². The summed E-state index contributed by atoms with van der Waals surface area (Å²) in [6.07, 6.45) is 0.462. The number of hydrogen-bond acceptors (Lipinski definition) is 3. The molecule has 0 saturated carbocycles. The molecular formula is C15H17Cl2NO4. The predicted molar refractivity (Wildman–Crippen MR) is 83.4 cm³/mol. The monoisotopic (exact) mass is 345 g/mol. The van der Waals surface area contributed by atoms with Crippen molar-refractivity contribution in [3.05, 3.63) is 28.2 Å². The Morgan fingerprint density at radius 3 is 2.73 bits per heavy atom. The molecule has 0 spiro atoms. The van der Waals surface area contributed by atoms with Gasteiger partial charge in [-0.25, -0.2) is 0 Å². The van der Waals surface area contributed by atoms with E-state index >= 15 is 0 Å². The van der Waals surface area contributed by atoms with Crippen LogP contribution in [0.2, 0.25) is 10.0 Å². The van der Waals surface area contributed by atoms with E-state index in [1.807, 2.05) is 6.92 Å². The highest BCUT2D eigenvalue weighted by atomic mass is 35.5. The lowest BCUT2D eigenvalue weighted by atomic mass is 9.87. The summed E-state index contributed by atoms with van der Waals surface area (Å²) < 4.78 is 5.42. The van der Waals surface area contributed by atoms with Crippen LogP contribution in [-0.4, -0.2) is 41.6 Å². The second-order valence-electron chi connectivity index (χ2n) is 5.41. The molecule has 1 amide bonds. The minimum absolute atomic E-state index is 0.0747. The van der Waals surface area contributed by atoms with Gasteiger partial charge in [0.25, 0.3) is 5.91 Å². The van der Waals surface area contributed by atoms with E-state index in [1.165, 1.54) is 0 Å². The number of carbonyl (C=O) groups excluding carboxylic acids is 1. The number of halogens is 2. The summed E-state index contributed by atoms with van der Waals surface area (Å²) in [5, 5.41) is 9.92. The molecule has 22 heavy (non-hydrogen) atoms. The number of hydrogen-bond donors (Lipinski definition) is 1. The SMILES string of the molecule is CC1CN(C(=O)COc2ccc(Cl)cc2Cl)CCC1C(=O)O. The summed E-state index contributed by atoms with van der Waals surface area (Å²) in [6.45, 7) is 2.56. The van der Waals surface area contributed by atoms with Crippen molar-refractivity contribution < 1.29 is 19.4 Å². The fourth-order valence-corrected chi connectivity index (χ4v) is 3.03. The molecule has 1 aliphatic heterocycles. The van der Waals surface area contributed by atoms with Gasteiger partial charge in [-0.15, -0.1) is 0 Å². The van der Waals surface area contributed by atoms with Crippen molar-refractivity contribution in [3.8, 4) is 5.75 Å². The van der Waals surface area contributed by atoms with Crippen LogP contribution in [0.4, 0.5) is 0 Å². The minimum atomic E-state index is -0.802. The number of carboxylic acids is 1. The van der Waals surface area contributed by atoms with Crippen LogP contribution < -0.4 is 4.74 Å². The molecule has 2 unspecified atom stereocenters. The van der Waals surface area contributed by atoms with E-state index in [-0.39, 0.29) is 18.4 Å². The van der Waals surface area contributed by atoms with Gasteiger partial charge in [0.05, 0.1) is 10.9 Å². The number of nitrogens with zero attached hydrogens (tertiary/aromatic N) is 1. The van der Waals surface area contributed by atoms with E-state index < -0.39 is 11.9 Å². The Hall–Kier alpha value is -1.46. The van der Waals surface area contributed by atoms with Crippen LogP contribution in [0.5, 0.6) is 5.75 Å². The number of carbonyl (C=O) groups is 2. The Kier molecular flexibility index (Phi) is 5.53. The summed E-state index contributed by atoms with van der Waals surface area (Å²) in [4.78, 5) is 24.9. The number of carboxylic acid groups (broad SMARTS) is 1. The van der Waals surface area contributed by atoms with Gasteiger partial charge >= 0.3 is 5.97 Å². The lowest BCUT2D eigenvalue weighted by Crippen LogP contribution is -2.46. The number of rotatable bonds is 4. The van der Waals surface area contributed by atoms with E-state index in [2.05, 4.69) is 0 Å². The molecule has 1 fully saturated rings. The van der Waals surface area contributed by atoms with E-state index in [4.69, 9.17) is 33.0 Å². The van der Waals surface area contributed by atoms with E-state index in [0.717, 1.165) is 0 Å². The molecule has 1 heterocycles. The van der Waals surface area contributed by atoms with Crippen LogP contribution in [0.1, 0.15) is 13.3 Å². The zero-order valence-corrected chi connectivity index (χ0v) is 13.6. The van der Waals surface area contributed by atoms with Gasteiger partial charge in [0, 0.05) is 18.1 Å². The smallest absolute Gasteiger partial charge is 0.306 e. The lowest BCUT2D eigenvalue weighted by Gasteiger charge is -2.34. The molecule has 0 radical (unpaired) electrons. The predicted octanol–water partition coefficient (Wildman–Crippen LogP) is 2.94. The third-order valence-electron chi connectivity index (χ3n) is 3.82. The van der Waals surface area contributed by atoms with Gasteiger partial charge in [0.15, 0.2) is 6.61 Å². The maximum Gasteiger partial charge on any atom is 0.306 e. The molecular weight excluding hydrogens is 329 g/mol. The third-order valence-corrected chi connectivity index (χ3v) is 4.35. The van der Waals surface area contributed by atoms with Crippen molar-refractivity contribution in [2.24, 2.45) is 11.8 Å². The molecule has 0 bridgehead atoms. The van der Waals surface area contributed by atoms with Gasteiger partial charge in [0.1, 0.15) is 5.75 Å². The van der Waals surface area contributed by atoms with Crippen LogP contribution in [0, 0.1) is 11.8 Å². The summed E-state index contributed by atoms with van der Waals surface area (Å²) in [6, 6.07) is 4.79. The third kappa shape index (κ3) is 4.05. The van der Waals surface area contributed by atoms with Crippen LogP contribution in [-0.2, 0) is 9.59 Å². The molecule has 5 nitrogen and oxygen atoms in total. The first-order valence-electron chi connectivity index (χ1n) is 6.97. The standard InChI is InChI=1S/C15H17Cl2NO4/c1-9-7-18(5-4-11(9)15(20)21)14(19)8-22-13-3-2-10(16)6-12(13)17/h2-3,6,9,11H,4-5,7-8H2,1H3,(H,20,21). The average Bonchev–Trinajstić information content (AvgIpc) is 2.45. The van der Waals surface area contributed by atoms with Crippen LogP contribution >= 0.6 is 23.2 Å². The second-order valence-corrected chi connectivity index (χ2v) is 6.26. The van der Waals surface area contributed by atoms with Crippen LogP contribution in [0.3, 0.4) is 0 Å². The first kappa shape index (κ1) is 16.9. The van der Waals surface area contributed by atoms with E-state index in [1.54, 1.807) is 23.1 Å². The molecule has 0 aliphatic carbocycles. The number of piperidine rings is 1. The van der Waals surface area contributed by atoms with Gasteiger partial charge in [0.2, 0.25) is 0 Å². The largest absolute Gasteiger partial charge is 0.482 e. The molecule has 1 N–H and O–H groups in total. The molecule has 0 aromatic heterocycles. The summed E-state index contributed by atoms with van der Waals surface area (Å²) in [5.74, 6) is -1.05. The number of aliphatic carboxylic acids is 1. The molecule has 2 atom stereocenters. The van der Waals surface area contributed by atoms with Crippen molar-refractivity contribution in [1.29, 1.82) is 0 Å². The second kappa shape index (κ2) is 7.20. The first-order chi connectivity index (χ1) is 10.4. The highest BCUT2D eigenvalue weighted by Gasteiger charge is 2.33. The van der Waals surface area contributed by atoms with Crippen LogP contribution in [0.25, 0.3) is 0 Å². The first-order valence-corrected chi connectivity index (χ1v) is 7.72. The summed E-state index contributed by atoms with van der Waals surface area (Å²) >= 11 is 11.8. The van der Waals surface area contributed by atoms with Crippen molar-refractivity contribution in [3.63, 3.8) is 0 Å². The summed E-state index contributed by atoms with van der Waals surface area (Å²) in [5.41, 5.74) is 0. The Labute approximate surface area is 138 Å². The summed E-state index contributed by atoms with van der Waals surface area (Å²) in [7, 11) is 0. The highest BCUT2D eigenvalue weighted by Crippen LogP contribution is 2.28. The number of benzene rings is 1. The zero-order chi connectivity index (χ0) is 16.3. The molecule has 1 saturated heterocycles. The fraction of sp³-hybridized carbons (Fsp3) is 0.467. The van der Waals surface area contributed by atoms with Crippen molar-refractivity contribution >= 4 is 35.1 Å². The molecule has 7 heteroatoms. The van der Waals surface area contributed by atoms with Crippen molar-refractivity contribution in [2.45, 2.75) is 13.3 Å². The van der Waals surface area contributed by atoms with Crippen molar-refractivity contribution in [1.82, 2.24) is 4.90 Å². The molecule has 2 rings (SSSR count). The zero-order valence-electron chi connectivity index (χ0n) is 12.1. The molecule has 1 aromatic carbocycles. The highest BCUT2D eigenvalue weighted by molar-refractivity contribution is 6.35. The normalized spacial score (nSPS) is 21.5. The van der Waals surface area contributed by atoms with Gasteiger partial charge in [-0.2, -0.15) is 0 Å².